The molecule has 3 aliphatic rings. The van der Waals surface area contributed by atoms with Crippen LogP contribution in [0.3, 0.4) is 0 Å². The van der Waals surface area contributed by atoms with Crippen LogP contribution < -0.4 is 24.8 Å². The average Bonchev–Trinajstić information content (AvgIpc) is 3.39. The molecule has 2 aliphatic heterocycles. The summed E-state index contributed by atoms with van der Waals surface area (Å²) < 4.78 is 31.8. The van der Waals surface area contributed by atoms with Crippen LogP contribution in [0, 0.1) is 5.82 Å². The van der Waals surface area contributed by atoms with Crippen LogP contribution in [0.25, 0.3) is 0 Å². The molecule has 6 rings (SSSR count). The molecule has 3 aromatic carbocycles. The summed E-state index contributed by atoms with van der Waals surface area (Å²) in [6.07, 6.45) is 0.646. The van der Waals surface area contributed by atoms with Gasteiger partial charge in [-0.15, -0.1) is 0 Å². The van der Waals surface area contributed by atoms with Crippen LogP contribution in [0.15, 0.2) is 54.6 Å². The molecule has 2 atom stereocenters. The zero-order valence-electron chi connectivity index (χ0n) is 23.5. The maximum atomic E-state index is 14.6. The number of rotatable bonds is 2. The van der Waals surface area contributed by atoms with E-state index in [2.05, 4.69) is 10.6 Å². The number of Topliss-reactive ketones (excluding diaryl/α,β-unsaturated/α-hetero) is 1. The number of hydrogen-bond donors (Lipinski definition) is 2. The van der Waals surface area contributed by atoms with Crippen LogP contribution in [0.5, 0.6) is 17.2 Å². The molecule has 0 unspecified atom stereocenters. The summed E-state index contributed by atoms with van der Waals surface area (Å²) in [5, 5.41) is 5.69. The van der Waals surface area contributed by atoms with Gasteiger partial charge >= 0.3 is 0 Å². The molecule has 4 bridgehead atoms. The Hall–Kier alpha value is -4.93. The number of benzene rings is 3. The molecule has 10 nitrogen and oxygen atoms in total. The first-order valence-electron chi connectivity index (χ1n) is 14.1. The zero-order chi connectivity index (χ0) is 30.1. The molecule has 1 saturated heterocycles. The van der Waals surface area contributed by atoms with Gasteiger partial charge in [-0.3, -0.25) is 19.2 Å². The highest BCUT2D eigenvalue weighted by Crippen LogP contribution is 2.30. The van der Waals surface area contributed by atoms with E-state index >= 15 is 0 Å². The molecule has 0 radical (unpaired) electrons. The molecule has 222 valence electrons. The van der Waals surface area contributed by atoms with Crippen molar-refractivity contribution in [3.8, 4) is 17.2 Å². The van der Waals surface area contributed by atoms with E-state index in [-0.39, 0.29) is 48.4 Å². The second-order valence-electron chi connectivity index (χ2n) is 10.8. The number of fused-ring (bicyclic) bond motifs is 6. The molecule has 0 aromatic heterocycles. The minimum Gasteiger partial charge on any atom is -0.493 e. The monoisotopic (exact) mass is 587 g/mol. The van der Waals surface area contributed by atoms with Gasteiger partial charge in [-0.2, -0.15) is 0 Å². The van der Waals surface area contributed by atoms with Crippen molar-refractivity contribution in [1.82, 2.24) is 15.5 Å². The molecule has 0 spiro atoms. The van der Waals surface area contributed by atoms with Crippen molar-refractivity contribution in [3.63, 3.8) is 0 Å². The number of amides is 3. The van der Waals surface area contributed by atoms with Crippen LogP contribution in [0.1, 0.15) is 55.0 Å². The molecule has 2 heterocycles. The highest BCUT2D eigenvalue weighted by molar-refractivity contribution is 6.05. The van der Waals surface area contributed by atoms with Crippen LogP contribution in [-0.4, -0.2) is 67.4 Å². The lowest BCUT2D eigenvalue weighted by molar-refractivity contribution is -0.123. The molecule has 43 heavy (non-hydrogen) atoms. The maximum absolute atomic E-state index is 14.6. The van der Waals surface area contributed by atoms with Crippen molar-refractivity contribution in [1.29, 1.82) is 0 Å². The zero-order valence-corrected chi connectivity index (χ0v) is 23.5. The third kappa shape index (κ3) is 5.88. The largest absolute Gasteiger partial charge is 0.493 e. The highest BCUT2D eigenvalue weighted by atomic mass is 19.1. The smallest absolute Gasteiger partial charge is 0.258 e. The molecule has 11 heteroatoms. The molecule has 2 N–H and O–H groups in total. The van der Waals surface area contributed by atoms with Gasteiger partial charge in [0.25, 0.3) is 17.7 Å². The van der Waals surface area contributed by atoms with Crippen LogP contribution in [0.2, 0.25) is 0 Å². The number of hydrogen-bond acceptors (Lipinski definition) is 7. The van der Waals surface area contributed by atoms with Gasteiger partial charge in [0.15, 0.2) is 23.9 Å². The second-order valence-corrected chi connectivity index (χ2v) is 10.8. The van der Waals surface area contributed by atoms with Crippen LogP contribution in [-0.2, 0) is 17.8 Å². The predicted octanol–water partition coefficient (Wildman–Crippen LogP) is 3.06. The third-order valence-corrected chi connectivity index (χ3v) is 7.95. The van der Waals surface area contributed by atoms with E-state index in [0.717, 1.165) is 5.56 Å². The van der Waals surface area contributed by atoms with Gasteiger partial charge in [-0.25, -0.2) is 4.39 Å². The normalized spacial score (nSPS) is 20.1. The average molecular weight is 588 g/mol. The van der Waals surface area contributed by atoms with Crippen molar-refractivity contribution >= 4 is 23.5 Å². The van der Waals surface area contributed by atoms with E-state index in [4.69, 9.17) is 14.2 Å². The van der Waals surface area contributed by atoms with Gasteiger partial charge in [0, 0.05) is 55.2 Å². The molecule has 1 aliphatic carbocycles. The molecular weight excluding hydrogens is 557 g/mol. The lowest BCUT2D eigenvalue weighted by atomic mass is 9.97. The van der Waals surface area contributed by atoms with Crippen molar-refractivity contribution in [2.75, 3.05) is 26.8 Å². The number of piperidine rings is 1. The van der Waals surface area contributed by atoms with Crippen molar-refractivity contribution in [2.24, 2.45) is 0 Å². The standard InChI is InChI=1S/C32H30FN3O7/c1-41-28-8-5-19-13-29(28)42-17-30(38)34-15-18-11-20(33)14-21(12-18)43-27-9-10-36(16-25(27)35-31(19)39)32(40)24-4-2-3-23-22(24)6-7-26(23)37/h2-5,8,11-14,25,27H,6-7,9-10,15-17H2,1H3,(H,34,38)(H,35,39)/t25-,27+/m0/s1. The number of ether oxygens (including phenoxy) is 3. The van der Waals surface area contributed by atoms with Gasteiger partial charge < -0.3 is 29.7 Å². The lowest BCUT2D eigenvalue weighted by Gasteiger charge is -2.39. The topological polar surface area (TPSA) is 123 Å². The van der Waals surface area contributed by atoms with Gasteiger partial charge in [-0.05, 0) is 53.9 Å². The quantitative estimate of drug-likeness (QED) is 0.473. The van der Waals surface area contributed by atoms with Gasteiger partial charge in [0.05, 0.1) is 13.2 Å². The number of likely N-dealkylation sites (tertiary alicyclic amines) is 1. The summed E-state index contributed by atoms with van der Waals surface area (Å²) in [7, 11) is 1.45. The maximum Gasteiger partial charge on any atom is 0.258 e. The Balaban J connectivity index is 1.32. The number of halogens is 1. The predicted molar refractivity (Wildman–Crippen MR) is 152 cm³/mol. The van der Waals surface area contributed by atoms with E-state index in [1.165, 1.54) is 25.3 Å². The van der Waals surface area contributed by atoms with Crippen molar-refractivity contribution in [3.05, 3.63) is 88.2 Å². The third-order valence-electron chi connectivity index (χ3n) is 7.95. The minimum atomic E-state index is -0.658. The van der Waals surface area contributed by atoms with Gasteiger partial charge in [-0.1, -0.05) is 12.1 Å². The number of carbonyl (C=O) groups excluding carboxylic acids is 4. The van der Waals surface area contributed by atoms with E-state index in [1.54, 1.807) is 41.3 Å². The number of methoxy groups -OCH3 is 1. The summed E-state index contributed by atoms with van der Waals surface area (Å²) in [5.74, 6) is -0.865. The first-order valence-corrected chi connectivity index (χ1v) is 14.1. The molecular formula is C32H30FN3O7. The molecule has 1 fully saturated rings. The fraction of sp³-hybridized carbons (Fsp3) is 0.312. The Kier molecular flexibility index (Phi) is 7.71. The molecule has 3 amide bonds. The fourth-order valence-corrected chi connectivity index (χ4v) is 5.80. The lowest BCUT2D eigenvalue weighted by Crippen LogP contribution is -2.58. The minimum absolute atomic E-state index is 0.0263. The van der Waals surface area contributed by atoms with E-state index in [1.807, 2.05) is 0 Å². The Morgan fingerprint density at radius 3 is 2.77 bits per heavy atom. The summed E-state index contributed by atoms with van der Waals surface area (Å²) in [4.78, 5) is 53.6. The number of nitrogens with one attached hydrogen (secondary N) is 2. The number of carbonyl (C=O) groups is 4. The van der Waals surface area contributed by atoms with Crippen molar-refractivity contribution < 1.29 is 37.8 Å². The second kappa shape index (κ2) is 11.7. The van der Waals surface area contributed by atoms with E-state index < -0.39 is 29.8 Å². The highest BCUT2D eigenvalue weighted by Gasteiger charge is 2.36. The van der Waals surface area contributed by atoms with E-state index in [9.17, 15) is 23.6 Å². The molecule has 3 aromatic rings. The van der Waals surface area contributed by atoms with E-state index in [0.29, 0.717) is 48.2 Å². The fourth-order valence-electron chi connectivity index (χ4n) is 5.80. The first-order chi connectivity index (χ1) is 20.8. The van der Waals surface area contributed by atoms with Gasteiger partial charge in [0.2, 0.25) is 0 Å². The summed E-state index contributed by atoms with van der Waals surface area (Å²) in [6, 6.07) is 13.3. The SMILES string of the molecule is COc1ccc2cc1OCC(=O)NCc1cc(F)cc(c1)O[C@@H]1CCN(C(=O)c3cccc4c3CCC4=O)C[C@@H]1NC2=O. The van der Waals surface area contributed by atoms with Crippen LogP contribution >= 0.6 is 0 Å². The number of nitrogens with zero attached hydrogens (tertiary/aromatic N) is 1. The van der Waals surface area contributed by atoms with Crippen molar-refractivity contribution in [2.45, 2.75) is 38.0 Å². The summed E-state index contributed by atoms with van der Waals surface area (Å²) >= 11 is 0. The first kappa shape index (κ1) is 28.2. The Morgan fingerprint density at radius 2 is 1.93 bits per heavy atom. The van der Waals surface area contributed by atoms with Gasteiger partial charge in [0.1, 0.15) is 17.7 Å². The summed E-state index contributed by atoms with van der Waals surface area (Å²) in [5.41, 5.74) is 2.55. The Bertz CT molecular complexity index is 1620. The number of ketones is 1. The molecule has 0 saturated carbocycles. The summed E-state index contributed by atoms with van der Waals surface area (Å²) in [6.45, 7) is 0.151. The van der Waals surface area contributed by atoms with Crippen LogP contribution in [0.4, 0.5) is 4.39 Å². The Labute approximate surface area is 247 Å². The Morgan fingerprint density at radius 1 is 1.07 bits per heavy atom.